The summed E-state index contributed by atoms with van der Waals surface area (Å²) in [5.41, 5.74) is 0. The summed E-state index contributed by atoms with van der Waals surface area (Å²) < 4.78 is 5.31. The number of anilines is 1. The van der Waals surface area contributed by atoms with E-state index in [0.29, 0.717) is 5.89 Å². The molecule has 1 atom stereocenters. The van der Waals surface area contributed by atoms with E-state index in [4.69, 9.17) is 4.52 Å². The predicted molar refractivity (Wildman–Crippen MR) is 67.1 cm³/mol. The average molecular weight is 238 g/mol. The van der Waals surface area contributed by atoms with Gasteiger partial charge in [0.25, 0.3) is 5.95 Å². The molecule has 5 heteroatoms. The van der Waals surface area contributed by atoms with E-state index in [2.05, 4.69) is 34.2 Å². The minimum Gasteiger partial charge on any atom is -0.338 e. The van der Waals surface area contributed by atoms with E-state index in [0.717, 1.165) is 32.0 Å². The zero-order valence-electron chi connectivity index (χ0n) is 10.8. The molecule has 1 unspecified atom stereocenters. The number of hydrogen-bond donors (Lipinski definition) is 1. The Morgan fingerprint density at radius 1 is 1.35 bits per heavy atom. The van der Waals surface area contributed by atoms with Crippen LogP contribution >= 0.6 is 0 Å². The van der Waals surface area contributed by atoms with Crippen LogP contribution in [0.3, 0.4) is 0 Å². The van der Waals surface area contributed by atoms with Gasteiger partial charge in [-0.15, -0.1) is 0 Å². The Labute approximate surface area is 103 Å². The lowest BCUT2D eigenvalue weighted by Gasteiger charge is -2.24. The Morgan fingerprint density at radius 3 is 2.82 bits per heavy atom. The van der Waals surface area contributed by atoms with E-state index < -0.39 is 0 Å². The molecule has 0 amide bonds. The van der Waals surface area contributed by atoms with Gasteiger partial charge in [-0.1, -0.05) is 6.92 Å². The Kier molecular flexibility index (Phi) is 4.36. The fraction of sp³-hybridized carbons (Fsp3) is 0.833. The third-order valence-electron chi connectivity index (χ3n) is 3.14. The van der Waals surface area contributed by atoms with Gasteiger partial charge in [-0.2, -0.15) is 4.98 Å². The minimum atomic E-state index is 0.140. The van der Waals surface area contributed by atoms with E-state index in [1.807, 2.05) is 0 Å². The zero-order valence-corrected chi connectivity index (χ0v) is 10.8. The quantitative estimate of drug-likeness (QED) is 0.851. The number of aromatic nitrogens is 2. The SMILES string of the molecule is CCCNC(C)c1nc(N2CCCCC2)no1. The van der Waals surface area contributed by atoms with Gasteiger partial charge in [-0.3, -0.25) is 0 Å². The second kappa shape index (κ2) is 6.00. The molecule has 1 fully saturated rings. The van der Waals surface area contributed by atoms with Crippen LogP contribution in [0.4, 0.5) is 5.95 Å². The standard InChI is InChI=1S/C12H22N4O/c1-3-7-13-10(2)11-14-12(15-17-11)16-8-5-4-6-9-16/h10,13H,3-9H2,1-2H3. The zero-order chi connectivity index (χ0) is 12.1. The molecule has 1 N–H and O–H groups in total. The van der Waals surface area contributed by atoms with Crippen LogP contribution < -0.4 is 10.2 Å². The highest BCUT2D eigenvalue weighted by atomic mass is 16.5. The van der Waals surface area contributed by atoms with Crippen LogP contribution in [0.25, 0.3) is 0 Å². The maximum absolute atomic E-state index is 5.31. The molecule has 0 saturated carbocycles. The van der Waals surface area contributed by atoms with Crippen molar-refractivity contribution in [2.24, 2.45) is 0 Å². The highest BCUT2D eigenvalue weighted by molar-refractivity contribution is 5.28. The van der Waals surface area contributed by atoms with Gasteiger partial charge in [0.15, 0.2) is 0 Å². The number of nitrogens with one attached hydrogen (secondary N) is 1. The molecular formula is C12H22N4O. The highest BCUT2D eigenvalue weighted by Crippen LogP contribution is 2.18. The lowest BCUT2D eigenvalue weighted by molar-refractivity contribution is 0.339. The maximum Gasteiger partial charge on any atom is 0.266 e. The summed E-state index contributed by atoms with van der Waals surface area (Å²) in [5.74, 6) is 1.45. The molecule has 96 valence electrons. The summed E-state index contributed by atoms with van der Waals surface area (Å²) in [6, 6.07) is 0.140. The lowest BCUT2D eigenvalue weighted by atomic mass is 10.1. The monoisotopic (exact) mass is 238 g/mol. The summed E-state index contributed by atoms with van der Waals surface area (Å²) in [4.78, 5) is 6.68. The van der Waals surface area contributed by atoms with E-state index in [-0.39, 0.29) is 6.04 Å². The van der Waals surface area contributed by atoms with E-state index >= 15 is 0 Å². The van der Waals surface area contributed by atoms with Crippen molar-refractivity contribution >= 4 is 5.95 Å². The topological polar surface area (TPSA) is 54.2 Å². The molecule has 0 aliphatic carbocycles. The largest absolute Gasteiger partial charge is 0.338 e. The van der Waals surface area contributed by atoms with Gasteiger partial charge in [0.05, 0.1) is 6.04 Å². The maximum atomic E-state index is 5.31. The minimum absolute atomic E-state index is 0.140. The van der Waals surface area contributed by atoms with Crippen LogP contribution in [0.1, 0.15) is 51.5 Å². The van der Waals surface area contributed by atoms with E-state index in [1.165, 1.54) is 19.3 Å². The highest BCUT2D eigenvalue weighted by Gasteiger charge is 2.19. The number of nitrogens with zero attached hydrogens (tertiary/aromatic N) is 3. The van der Waals surface area contributed by atoms with E-state index in [9.17, 15) is 0 Å². The second-order valence-electron chi connectivity index (χ2n) is 4.66. The Morgan fingerprint density at radius 2 is 2.12 bits per heavy atom. The number of hydrogen-bond acceptors (Lipinski definition) is 5. The van der Waals surface area contributed by atoms with Gasteiger partial charge in [-0.25, -0.2) is 0 Å². The van der Waals surface area contributed by atoms with Gasteiger partial charge in [0.1, 0.15) is 0 Å². The van der Waals surface area contributed by atoms with E-state index in [1.54, 1.807) is 0 Å². The molecule has 17 heavy (non-hydrogen) atoms. The molecule has 2 rings (SSSR count). The summed E-state index contributed by atoms with van der Waals surface area (Å²) in [7, 11) is 0. The molecule has 0 radical (unpaired) electrons. The molecule has 0 bridgehead atoms. The van der Waals surface area contributed by atoms with Crippen molar-refractivity contribution in [3.63, 3.8) is 0 Å². The Bertz CT molecular complexity index is 333. The molecule has 2 heterocycles. The van der Waals surface area contributed by atoms with Gasteiger partial charge in [-0.05, 0) is 44.3 Å². The number of piperidine rings is 1. The molecule has 1 aliphatic heterocycles. The van der Waals surface area contributed by atoms with Crippen molar-refractivity contribution in [1.29, 1.82) is 0 Å². The lowest BCUT2D eigenvalue weighted by Crippen LogP contribution is -2.30. The number of rotatable bonds is 5. The molecule has 0 aromatic carbocycles. The van der Waals surface area contributed by atoms with Crippen molar-refractivity contribution in [1.82, 2.24) is 15.5 Å². The third kappa shape index (κ3) is 3.19. The van der Waals surface area contributed by atoms with Crippen molar-refractivity contribution in [2.45, 2.75) is 45.6 Å². The van der Waals surface area contributed by atoms with Crippen LogP contribution in [-0.2, 0) is 0 Å². The van der Waals surface area contributed by atoms with Gasteiger partial charge >= 0.3 is 0 Å². The molecule has 0 spiro atoms. The smallest absolute Gasteiger partial charge is 0.266 e. The van der Waals surface area contributed by atoms with Crippen molar-refractivity contribution in [3.05, 3.63) is 5.89 Å². The van der Waals surface area contributed by atoms with Gasteiger partial charge in [0, 0.05) is 13.1 Å². The van der Waals surface area contributed by atoms with Gasteiger partial charge < -0.3 is 14.7 Å². The molecule has 5 nitrogen and oxygen atoms in total. The Hall–Kier alpha value is -1.10. The predicted octanol–water partition coefficient (Wildman–Crippen LogP) is 2.12. The fourth-order valence-electron chi connectivity index (χ4n) is 2.07. The first kappa shape index (κ1) is 12.4. The first-order valence-electron chi connectivity index (χ1n) is 6.63. The fourth-order valence-corrected chi connectivity index (χ4v) is 2.07. The van der Waals surface area contributed by atoms with Crippen molar-refractivity contribution < 1.29 is 4.52 Å². The van der Waals surface area contributed by atoms with Crippen LogP contribution in [0.5, 0.6) is 0 Å². The van der Waals surface area contributed by atoms with Crippen molar-refractivity contribution in [2.75, 3.05) is 24.5 Å². The summed E-state index contributed by atoms with van der Waals surface area (Å²) in [6.45, 7) is 7.28. The first-order chi connectivity index (χ1) is 8.31. The molecule has 1 aromatic rings. The van der Waals surface area contributed by atoms with Gasteiger partial charge in [0.2, 0.25) is 5.89 Å². The third-order valence-corrected chi connectivity index (χ3v) is 3.14. The molecule has 1 saturated heterocycles. The van der Waals surface area contributed by atoms with Crippen molar-refractivity contribution in [3.8, 4) is 0 Å². The molecule has 1 aliphatic rings. The molecular weight excluding hydrogens is 216 g/mol. The summed E-state index contributed by atoms with van der Waals surface area (Å²) >= 11 is 0. The second-order valence-corrected chi connectivity index (χ2v) is 4.66. The summed E-state index contributed by atoms with van der Waals surface area (Å²) in [5, 5.41) is 7.42. The van der Waals surface area contributed by atoms with Crippen LogP contribution in [0.15, 0.2) is 4.52 Å². The summed E-state index contributed by atoms with van der Waals surface area (Å²) in [6.07, 6.45) is 4.88. The van der Waals surface area contributed by atoms with Crippen LogP contribution in [0, 0.1) is 0 Å². The Balaban J connectivity index is 1.94. The van der Waals surface area contributed by atoms with Crippen LogP contribution in [0.2, 0.25) is 0 Å². The molecule has 1 aromatic heterocycles. The van der Waals surface area contributed by atoms with Crippen LogP contribution in [-0.4, -0.2) is 29.8 Å². The normalized spacial score (nSPS) is 18.4. The average Bonchev–Trinajstić information content (AvgIpc) is 2.86. The first-order valence-corrected chi connectivity index (χ1v) is 6.63.